The number of rotatable bonds is 5. The fraction of sp³-hybridized carbons (Fsp3) is 0.643. The van der Waals surface area contributed by atoms with Crippen LogP contribution in [0.5, 0.6) is 0 Å². The molecule has 0 saturated heterocycles. The van der Waals surface area contributed by atoms with Crippen LogP contribution in [0.15, 0.2) is 6.20 Å². The monoisotopic (exact) mass is 312 g/mol. The van der Waals surface area contributed by atoms with Gasteiger partial charge in [0.15, 0.2) is 0 Å². The number of anilines is 1. The number of aryl methyl sites for hydroxylation is 1. The van der Waals surface area contributed by atoms with Crippen LogP contribution in [0.4, 0.5) is 10.6 Å². The lowest BCUT2D eigenvalue weighted by atomic mass is 10.2. The summed E-state index contributed by atoms with van der Waals surface area (Å²) in [6.45, 7) is 7.42. The van der Waals surface area contributed by atoms with Crippen molar-refractivity contribution >= 4 is 17.9 Å². The number of esters is 1. The molecule has 1 aromatic rings. The van der Waals surface area contributed by atoms with Crippen LogP contribution >= 0.6 is 0 Å². The number of hydrogen-bond donors (Lipinski definition) is 2. The van der Waals surface area contributed by atoms with Crippen LogP contribution in [0.1, 0.15) is 33.3 Å². The molecule has 124 valence electrons. The van der Waals surface area contributed by atoms with Crippen LogP contribution in [-0.4, -0.2) is 40.6 Å². The fourth-order valence-electron chi connectivity index (χ4n) is 1.70. The lowest BCUT2D eigenvalue weighted by Crippen LogP contribution is -2.34. The zero-order valence-electron chi connectivity index (χ0n) is 13.9. The molecule has 0 bridgehead atoms. The predicted molar refractivity (Wildman–Crippen MR) is 81.4 cm³/mol. The topological polar surface area (TPSA) is 94.5 Å². The number of methoxy groups -OCH3 is 1. The molecule has 2 N–H and O–H groups in total. The molecule has 0 aliphatic heterocycles. The minimum absolute atomic E-state index is 0.356. The van der Waals surface area contributed by atoms with Gasteiger partial charge < -0.3 is 14.8 Å². The Kier molecular flexibility index (Phi) is 5.92. The Morgan fingerprint density at radius 2 is 2.05 bits per heavy atom. The van der Waals surface area contributed by atoms with Crippen molar-refractivity contribution in [3.8, 4) is 0 Å². The van der Waals surface area contributed by atoms with Gasteiger partial charge in [-0.1, -0.05) is 0 Å². The SMILES string of the molecule is COC(=O)C(C)NCc1cnn(C)c1NC(=O)OC(C)(C)C. The highest BCUT2D eigenvalue weighted by molar-refractivity contribution is 5.84. The number of ether oxygens (including phenoxy) is 2. The van der Waals surface area contributed by atoms with Crippen molar-refractivity contribution < 1.29 is 19.1 Å². The Labute approximate surface area is 130 Å². The smallest absolute Gasteiger partial charge is 0.413 e. The summed E-state index contributed by atoms with van der Waals surface area (Å²) in [4.78, 5) is 23.2. The zero-order chi connectivity index (χ0) is 16.9. The summed E-state index contributed by atoms with van der Waals surface area (Å²) < 4.78 is 11.4. The fourth-order valence-corrected chi connectivity index (χ4v) is 1.70. The molecule has 0 aliphatic rings. The quantitative estimate of drug-likeness (QED) is 0.799. The first-order chi connectivity index (χ1) is 10.1. The van der Waals surface area contributed by atoms with E-state index in [1.165, 1.54) is 11.8 Å². The Morgan fingerprint density at radius 3 is 2.59 bits per heavy atom. The molecule has 0 aromatic carbocycles. The molecule has 0 fully saturated rings. The normalized spacial score (nSPS) is 12.6. The number of nitrogens with zero attached hydrogens (tertiary/aromatic N) is 2. The summed E-state index contributed by atoms with van der Waals surface area (Å²) in [6.07, 6.45) is 1.06. The third kappa shape index (κ3) is 5.36. The highest BCUT2D eigenvalue weighted by Crippen LogP contribution is 2.16. The first-order valence-corrected chi connectivity index (χ1v) is 6.96. The second kappa shape index (κ2) is 7.26. The van der Waals surface area contributed by atoms with Crippen LogP contribution in [0.25, 0.3) is 0 Å². The van der Waals surface area contributed by atoms with Gasteiger partial charge in [-0.15, -0.1) is 0 Å². The van der Waals surface area contributed by atoms with E-state index < -0.39 is 17.7 Å². The molecule has 1 heterocycles. The summed E-state index contributed by atoms with van der Waals surface area (Å²) in [5, 5.41) is 9.77. The molecule has 1 unspecified atom stereocenters. The van der Waals surface area contributed by atoms with E-state index in [1.807, 2.05) is 0 Å². The molecule has 8 nitrogen and oxygen atoms in total. The van der Waals surface area contributed by atoms with E-state index in [4.69, 9.17) is 4.74 Å². The lowest BCUT2D eigenvalue weighted by molar-refractivity contribution is -0.142. The second-order valence-corrected chi connectivity index (χ2v) is 5.89. The Bertz CT molecular complexity index is 533. The molecule has 0 saturated carbocycles. The summed E-state index contributed by atoms with van der Waals surface area (Å²) in [6, 6.07) is -0.459. The molecule has 8 heteroatoms. The molecule has 1 aromatic heterocycles. The van der Waals surface area contributed by atoms with Gasteiger partial charge in [-0.3, -0.25) is 14.8 Å². The summed E-state index contributed by atoms with van der Waals surface area (Å²) in [7, 11) is 3.04. The molecular formula is C14H24N4O4. The van der Waals surface area contributed by atoms with Crippen LogP contribution < -0.4 is 10.6 Å². The van der Waals surface area contributed by atoms with E-state index in [9.17, 15) is 9.59 Å². The largest absolute Gasteiger partial charge is 0.468 e. The first kappa shape index (κ1) is 18.0. The van der Waals surface area contributed by atoms with E-state index >= 15 is 0 Å². The molecule has 0 radical (unpaired) electrons. The molecule has 0 aliphatic carbocycles. The van der Waals surface area contributed by atoms with Crippen LogP contribution in [-0.2, 0) is 27.9 Å². The Balaban J connectivity index is 2.71. The minimum Gasteiger partial charge on any atom is -0.468 e. The van der Waals surface area contributed by atoms with Gasteiger partial charge in [0.1, 0.15) is 17.5 Å². The summed E-state index contributed by atoms with van der Waals surface area (Å²) >= 11 is 0. The second-order valence-electron chi connectivity index (χ2n) is 5.89. The summed E-state index contributed by atoms with van der Waals surface area (Å²) in [5.41, 5.74) is 0.157. The van der Waals surface area contributed by atoms with Crippen molar-refractivity contribution in [3.05, 3.63) is 11.8 Å². The molecule has 1 amide bonds. The van der Waals surface area contributed by atoms with E-state index in [0.29, 0.717) is 12.4 Å². The number of nitrogens with one attached hydrogen (secondary N) is 2. The van der Waals surface area contributed by atoms with Gasteiger partial charge in [0, 0.05) is 19.2 Å². The average molecular weight is 312 g/mol. The van der Waals surface area contributed by atoms with Gasteiger partial charge in [0.25, 0.3) is 0 Å². The molecule has 1 atom stereocenters. The summed E-state index contributed by atoms with van der Waals surface area (Å²) in [5.74, 6) is 0.157. The van der Waals surface area contributed by atoms with Crippen molar-refractivity contribution in [2.75, 3.05) is 12.4 Å². The van der Waals surface area contributed by atoms with Crippen molar-refractivity contribution in [1.29, 1.82) is 0 Å². The van der Waals surface area contributed by atoms with Crippen molar-refractivity contribution in [2.24, 2.45) is 7.05 Å². The third-order valence-electron chi connectivity index (χ3n) is 2.79. The number of hydrogen-bond acceptors (Lipinski definition) is 6. The van der Waals surface area contributed by atoms with Gasteiger partial charge in [0.05, 0.1) is 13.3 Å². The Morgan fingerprint density at radius 1 is 1.41 bits per heavy atom. The molecule has 0 spiro atoms. The van der Waals surface area contributed by atoms with Gasteiger partial charge in [-0.05, 0) is 27.7 Å². The number of aromatic nitrogens is 2. The number of carbonyl (C=O) groups excluding carboxylic acids is 2. The maximum absolute atomic E-state index is 11.9. The van der Waals surface area contributed by atoms with Crippen molar-refractivity contribution in [2.45, 2.75) is 45.9 Å². The standard InChI is InChI=1S/C14H24N4O4/c1-9(12(19)21-6)15-7-10-8-16-18(5)11(10)17-13(20)22-14(2,3)4/h8-9,15H,7H2,1-6H3,(H,17,20). The van der Waals surface area contributed by atoms with E-state index in [2.05, 4.69) is 20.5 Å². The van der Waals surface area contributed by atoms with Crippen LogP contribution in [0.2, 0.25) is 0 Å². The highest BCUT2D eigenvalue weighted by Gasteiger charge is 2.20. The first-order valence-electron chi connectivity index (χ1n) is 6.96. The zero-order valence-corrected chi connectivity index (χ0v) is 13.9. The molecule has 1 rings (SSSR count). The lowest BCUT2D eigenvalue weighted by Gasteiger charge is -2.20. The van der Waals surface area contributed by atoms with E-state index in [0.717, 1.165) is 5.56 Å². The van der Waals surface area contributed by atoms with Crippen LogP contribution in [0, 0.1) is 0 Å². The highest BCUT2D eigenvalue weighted by atomic mass is 16.6. The van der Waals surface area contributed by atoms with Gasteiger partial charge >= 0.3 is 12.1 Å². The van der Waals surface area contributed by atoms with Gasteiger partial charge in [-0.25, -0.2) is 4.79 Å². The van der Waals surface area contributed by atoms with Crippen LogP contribution in [0.3, 0.4) is 0 Å². The predicted octanol–water partition coefficient (Wildman–Crippen LogP) is 1.42. The minimum atomic E-state index is -0.583. The van der Waals surface area contributed by atoms with E-state index in [-0.39, 0.29) is 5.97 Å². The van der Waals surface area contributed by atoms with Crippen molar-refractivity contribution in [3.63, 3.8) is 0 Å². The maximum atomic E-state index is 11.9. The number of carbonyl (C=O) groups is 2. The third-order valence-corrected chi connectivity index (χ3v) is 2.79. The van der Waals surface area contributed by atoms with E-state index in [1.54, 1.807) is 40.9 Å². The van der Waals surface area contributed by atoms with Crippen molar-refractivity contribution in [1.82, 2.24) is 15.1 Å². The van der Waals surface area contributed by atoms with Gasteiger partial charge in [-0.2, -0.15) is 5.10 Å². The number of amides is 1. The maximum Gasteiger partial charge on any atom is 0.413 e. The molecule has 22 heavy (non-hydrogen) atoms. The Hall–Kier alpha value is -2.09. The average Bonchev–Trinajstić information content (AvgIpc) is 2.74. The molecular weight excluding hydrogens is 288 g/mol. The van der Waals surface area contributed by atoms with Gasteiger partial charge in [0.2, 0.25) is 0 Å².